The highest BCUT2D eigenvalue weighted by Gasteiger charge is 2.06. The smallest absolute Gasteiger partial charge is 0.0677 e. The van der Waals surface area contributed by atoms with Crippen molar-refractivity contribution in [2.75, 3.05) is 0 Å². The predicted octanol–water partition coefficient (Wildman–Crippen LogP) is 1.82. The molecule has 1 N–H and O–H groups in total. The lowest BCUT2D eigenvalue weighted by Gasteiger charge is -2.03. The van der Waals surface area contributed by atoms with E-state index in [9.17, 15) is 0 Å². The maximum atomic E-state index is 7.75. The highest BCUT2D eigenvalue weighted by Crippen LogP contribution is 2.13. The van der Waals surface area contributed by atoms with E-state index in [0.717, 1.165) is 6.42 Å². The lowest BCUT2D eigenvalue weighted by atomic mass is 10.1. The molecule has 1 aliphatic carbocycles. The van der Waals surface area contributed by atoms with Crippen molar-refractivity contribution in [3.8, 4) is 0 Å². The van der Waals surface area contributed by atoms with Gasteiger partial charge in [0.15, 0.2) is 0 Å². The van der Waals surface area contributed by atoms with Crippen LogP contribution in [0.4, 0.5) is 0 Å². The van der Waals surface area contributed by atoms with Crippen molar-refractivity contribution < 1.29 is 0 Å². The summed E-state index contributed by atoms with van der Waals surface area (Å²) in [7, 11) is -0.432. The van der Waals surface area contributed by atoms with E-state index in [1.807, 2.05) is 18.2 Å². The van der Waals surface area contributed by atoms with Gasteiger partial charge in [-0.05, 0) is 31.2 Å². The molecule has 0 aromatic carbocycles. The summed E-state index contributed by atoms with van der Waals surface area (Å²) < 4.78 is 0. The topological polar surface area (TPSA) is 23.8 Å². The first-order valence-corrected chi connectivity index (χ1v) is 6.67. The molecule has 63 valence electrons. The fourth-order valence-electron chi connectivity index (χ4n) is 1.05. The van der Waals surface area contributed by atoms with Crippen molar-refractivity contribution in [2.24, 2.45) is 0 Å². The first-order chi connectivity index (χ1) is 5.70. The van der Waals surface area contributed by atoms with Crippen LogP contribution in [0, 0.1) is 0 Å². The van der Waals surface area contributed by atoms with Gasteiger partial charge in [-0.2, -0.15) is 5.33 Å². The summed E-state index contributed by atoms with van der Waals surface area (Å²) in [6.07, 6.45) is 8.99. The molecule has 0 fully saturated rings. The molecule has 1 aliphatic rings. The number of rotatable bonds is 2. The van der Waals surface area contributed by atoms with E-state index in [4.69, 9.17) is 5.73 Å². The van der Waals surface area contributed by atoms with Crippen LogP contribution >= 0.6 is 0 Å². The second-order valence-electron chi connectivity index (χ2n) is 3.16. The number of allylic oxidation sites excluding steroid dienone is 3. The fourth-order valence-corrected chi connectivity index (χ4v) is 1.55. The SMILES string of the molecule is C[Si](C)=C=CC([NH])C1=CC=CC1. The molecule has 1 unspecified atom stereocenters. The Morgan fingerprint density at radius 3 is 2.92 bits per heavy atom. The summed E-state index contributed by atoms with van der Waals surface area (Å²) in [5.74, 6) is 0. The molecule has 0 saturated carbocycles. The molecule has 0 amide bonds. The predicted molar refractivity (Wildman–Crippen MR) is 55.8 cm³/mol. The molecular formula is C10H14NSi. The largest absolute Gasteiger partial charge is 0.245 e. The lowest BCUT2D eigenvalue weighted by Crippen LogP contribution is -2.08. The number of hydrogen-bond acceptors (Lipinski definition) is 0. The van der Waals surface area contributed by atoms with Gasteiger partial charge in [-0.15, -0.1) is 0 Å². The molecule has 0 aliphatic heterocycles. The van der Waals surface area contributed by atoms with Crippen molar-refractivity contribution in [3.63, 3.8) is 0 Å². The zero-order valence-corrected chi connectivity index (χ0v) is 8.59. The Balaban J connectivity index is 2.61. The van der Waals surface area contributed by atoms with Crippen molar-refractivity contribution in [1.29, 1.82) is 0 Å². The van der Waals surface area contributed by atoms with Crippen molar-refractivity contribution >= 4 is 13.7 Å². The Labute approximate surface area is 75.5 Å². The van der Waals surface area contributed by atoms with Gasteiger partial charge in [-0.3, -0.25) is 0 Å². The monoisotopic (exact) mass is 176 g/mol. The van der Waals surface area contributed by atoms with Crippen molar-refractivity contribution in [3.05, 3.63) is 29.9 Å². The van der Waals surface area contributed by atoms with E-state index < -0.39 is 8.41 Å². The molecule has 0 aromatic heterocycles. The maximum absolute atomic E-state index is 7.75. The maximum Gasteiger partial charge on any atom is 0.0677 e. The van der Waals surface area contributed by atoms with Gasteiger partial charge in [-0.25, -0.2) is 5.73 Å². The normalized spacial score (nSPS) is 16.8. The Morgan fingerprint density at radius 2 is 2.42 bits per heavy atom. The standard InChI is InChI=1S/C10H14NSi/c1-12(2)8-7-10(11)9-5-3-4-6-9/h3-5,7,10-11H,6H2,1-2H3. The van der Waals surface area contributed by atoms with Crippen LogP contribution in [-0.4, -0.2) is 19.8 Å². The molecular weight excluding hydrogens is 162 g/mol. The lowest BCUT2D eigenvalue weighted by molar-refractivity contribution is 0.899. The van der Waals surface area contributed by atoms with E-state index in [2.05, 4.69) is 24.5 Å². The van der Waals surface area contributed by atoms with E-state index in [-0.39, 0.29) is 6.04 Å². The minimum absolute atomic E-state index is 0.167. The average molecular weight is 176 g/mol. The Bertz CT molecular complexity index is 276. The molecule has 0 saturated heterocycles. The molecule has 0 spiro atoms. The molecule has 0 heterocycles. The first kappa shape index (κ1) is 9.40. The van der Waals surface area contributed by atoms with E-state index >= 15 is 0 Å². The Morgan fingerprint density at radius 1 is 1.67 bits per heavy atom. The highest BCUT2D eigenvalue weighted by molar-refractivity contribution is 6.62. The summed E-state index contributed by atoms with van der Waals surface area (Å²) in [6, 6.07) is -0.167. The zero-order valence-electron chi connectivity index (χ0n) is 7.59. The molecule has 12 heavy (non-hydrogen) atoms. The van der Waals surface area contributed by atoms with Gasteiger partial charge in [0.05, 0.1) is 14.5 Å². The Hall–Kier alpha value is -0.693. The zero-order chi connectivity index (χ0) is 8.97. The number of hydrogen-bond donors (Lipinski definition) is 0. The molecule has 1 radical (unpaired) electrons. The summed E-state index contributed by atoms with van der Waals surface area (Å²) in [4.78, 5) is 0. The fraction of sp³-hybridized carbons (Fsp3) is 0.400. The Kier molecular flexibility index (Phi) is 3.41. The molecule has 0 bridgehead atoms. The number of nitrogens with one attached hydrogen (secondary N) is 1. The van der Waals surface area contributed by atoms with Crippen LogP contribution in [0.25, 0.3) is 0 Å². The van der Waals surface area contributed by atoms with Crippen molar-refractivity contribution in [2.45, 2.75) is 25.6 Å². The minimum atomic E-state index is -0.432. The van der Waals surface area contributed by atoms with Crippen LogP contribution in [0.5, 0.6) is 0 Å². The van der Waals surface area contributed by atoms with E-state index in [1.54, 1.807) is 0 Å². The second-order valence-corrected chi connectivity index (χ2v) is 5.45. The van der Waals surface area contributed by atoms with Gasteiger partial charge in [0, 0.05) is 0 Å². The van der Waals surface area contributed by atoms with Gasteiger partial charge in [0.1, 0.15) is 0 Å². The minimum Gasteiger partial charge on any atom is -0.245 e. The van der Waals surface area contributed by atoms with Gasteiger partial charge in [0.2, 0.25) is 0 Å². The van der Waals surface area contributed by atoms with Crippen LogP contribution in [0.3, 0.4) is 0 Å². The summed E-state index contributed by atoms with van der Waals surface area (Å²) >= 11 is 0. The van der Waals surface area contributed by atoms with Crippen LogP contribution in [0.15, 0.2) is 29.9 Å². The molecule has 0 aromatic rings. The van der Waals surface area contributed by atoms with Gasteiger partial charge in [-0.1, -0.05) is 18.2 Å². The van der Waals surface area contributed by atoms with Gasteiger partial charge in [0.25, 0.3) is 0 Å². The summed E-state index contributed by atoms with van der Waals surface area (Å²) in [6.45, 7) is 4.35. The van der Waals surface area contributed by atoms with E-state index in [0.29, 0.717) is 0 Å². The van der Waals surface area contributed by atoms with E-state index in [1.165, 1.54) is 5.57 Å². The second kappa shape index (κ2) is 4.36. The molecule has 1 rings (SSSR count). The summed E-state index contributed by atoms with van der Waals surface area (Å²) in [5, 5.41) is 3.24. The highest BCUT2D eigenvalue weighted by atomic mass is 28.2. The molecule has 1 atom stereocenters. The van der Waals surface area contributed by atoms with Crippen LogP contribution < -0.4 is 5.73 Å². The van der Waals surface area contributed by atoms with Crippen molar-refractivity contribution in [1.82, 2.24) is 5.73 Å². The quantitative estimate of drug-likeness (QED) is 0.573. The van der Waals surface area contributed by atoms with Gasteiger partial charge >= 0.3 is 0 Å². The third-order valence-corrected chi connectivity index (χ3v) is 2.48. The third-order valence-electron chi connectivity index (χ3n) is 1.74. The molecule has 2 heteroatoms. The summed E-state index contributed by atoms with van der Waals surface area (Å²) in [5.41, 5.74) is 8.94. The average Bonchev–Trinajstić information content (AvgIpc) is 2.51. The first-order valence-electron chi connectivity index (χ1n) is 4.17. The van der Waals surface area contributed by atoms with Gasteiger partial charge < -0.3 is 0 Å². The molecule has 1 nitrogen and oxygen atoms in total. The van der Waals surface area contributed by atoms with Crippen LogP contribution in [-0.2, 0) is 0 Å². The van der Waals surface area contributed by atoms with Crippen LogP contribution in [0.1, 0.15) is 6.42 Å². The van der Waals surface area contributed by atoms with Crippen LogP contribution in [0.2, 0.25) is 13.1 Å². The third kappa shape index (κ3) is 2.74.